The van der Waals surface area contributed by atoms with Crippen molar-refractivity contribution in [3.05, 3.63) is 28.2 Å². The molecule has 0 aromatic heterocycles. The molecule has 1 aromatic rings. The molecule has 0 saturated heterocycles. The zero-order chi connectivity index (χ0) is 22.2. The highest BCUT2D eigenvalue weighted by molar-refractivity contribution is 9.10. The molecule has 1 rings (SSSR count). The van der Waals surface area contributed by atoms with Crippen molar-refractivity contribution < 1.29 is 23.6 Å². The Hall–Kier alpha value is -1.71. The molecule has 0 aliphatic rings. The third-order valence-electron chi connectivity index (χ3n) is 3.15. The van der Waals surface area contributed by atoms with Crippen LogP contribution in [0.25, 0.3) is 0 Å². The van der Waals surface area contributed by atoms with Gasteiger partial charge in [-0.1, -0.05) is 6.07 Å². The van der Waals surface area contributed by atoms with Crippen molar-refractivity contribution in [2.24, 2.45) is 0 Å². The summed E-state index contributed by atoms with van der Waals surface area (Å²) in [5, 5.41) is 10.6. The predicted octanol–water partition coefficient (Wildman–Crippen LogP) is 4.84. The number of benzene rings is 1. The van der Waals surface area contributed by atoms with Crippen molar-refractivity contribution in [1.82, 2.24) is 10.1 Å². The van der Waals surface area contributed by atoms with Crippen LogP contribution in [-0.2, 0) is 21.0 Å². The number of halogens is 2. The second-order valence-corrected chi connectivity index (χ2v) is 9.21. The fourth-order valence-electron chi connectivity index (χ4n) is 2.16. The third kappa shape index (κ3) is 9.56. The standard InChI is InChI=1S/C20H31BrFN3O4/c1-19(2,3)28-24(18(23)25(14-26)29-20(4,5)6)13-15-8-9-17(16(21)12-15)27-11-7-10-22/h8-9,12,14,23H,7,10-11,13H2,1-6H3. The first-order chi connectivity index (χ1) is 13.4. The molecule has 164 valence electrons. The molecule has 1 N–H and O–H groups in total. The number of guanidine groups is 1. The van der Waals surface area contributed by atoms with E-state index in [9.17, 15) is 9.18 Å². The van der Waals surface area contributed by atoms with Crippen LogP contribution in [0.5, 0.6) is 5.75 Å². The van der Waals surface area contributed by atoms with E-state index in [-0.39, 0.29) is 19.1 Å². The summed E-state index contributed by atoms with van der Waals surface area (Å²) in [5.74, 6) is 0.357. The second-order valence-electron chi connectivity index (χ2n) is 8.35. The van der Waals surface area contributed by atoms with Gasteiger partial charge in [-0.25, -0.2) is 5.06 Å². The van der Waals surface area contributed by atoms with Crippen LogP contribution in [-0.4, -0.2) is 47.0 Å². The van der Waals surface area contributed by atoms with Crippen LogP contribution in [0.15, 0.2) is 22.7 Å². The molecule has 1 amide bonds. The van der Waals surface area contributed by atoms with Gasteiger partial charge in [0.15, 0.2) is 0 Å². The highest BCUT2D eigenvalue weighted by Gasteiger charge is 2.27. The quantitative estimate of drug-likeness (QED) is 0.182. The number of nitrogens with zero attached hydrogens (tertiary/aromatic N) is 2. The Labute approximate surface area is 180 Å². The summed E-state index contributed by atoms with van der Waals surface area (Å²) in [6, 6.07) is 5.41. The molecule has 9 heteroatoms. The maximum Gasteiger partial charge on any atom is 0.250 e. The van der Waals surface area contributed by atoms with Crippen LogP contribution in [0.3, 0.4) is 0 Å². The zero-order valence-corrected chi connectivity index (χ0v) is 19.5. The molecule has 1 aromatic carbocycles. The lowest BCUT2D eigenvalue weighted by Gasteiger charge is -2.35. The first kappa shape index (κ1) is 25.3. The van der Waals surface area contributed by atoms with Crippen LogP contribution in [0.1, 0.15) is 53.5 Å². The highest BCUT2D eigenvalue weighted by Crippen LogP contribution is 2.27. The maximum absolute atomic E-state index is 12.2. The molecular formula is C20H31BrFN3O4. The molecule has 0 bridgehead atoms. The van der Waals surface area contributed by atoms with E-state index in [1.54, 1.807) is 26.8 Å². The van der Waals surface area contributed by atoms with Crippen molar-refractivity contribution >= 4 is 28.3 Å². The van der Waals surface area contributed by atoms with Gasteiger partial charge in [-0.2, -0.15) is 5.06 Å². The highest BCUT2D eigenvalue weighted by atomic mass is 79.9. The average molecular weight is 476 g/mol. The van der Waals surface area contributed by atoms with Gasteiger partial charge < -0.3 is 4.74 Å². The van der Waals surface area contributed by atoms with E-state index in [1.165, 1.54) is 5.06 Å². The summed E-state index contributed by atoms with van der Waals surface area (Å²) < 4.78 is 18.5. The molecule has 29 heavy (non-hydrogen) atoms. The van der Waals surface area contributed by atoms with Crippen molar-refractivity contribution in [2.75, 3.05) is 13.3 Å². The minimum Gasteiger partial charge on any atom is -0.492 e. The van der Waals surface area contributed by atoms with Gasteiger partial charge in [0.25, 0.3) is 0 Å². The molecule has 0 heterocycles. The lowest BCUT2D eigenvalue weighted by Crippen LogP contribution is -2.48. The summed E-state index contributed by atoms with van der Waals surface area (Å²) in [6.07, 6.45) is 0.762. The summed E-state index contributed by atoms with van der Waals surface area (Å²) in [5.41, 5.74) is -0.456. The Bertz CT molecular complexity index is 689. The monoisotopic (exact) mass is 475 g/mol. The van der Waals surface area contributed by atoms with Crippen molar-refractivity contribution in [2.45, 2.75) is 65.7 Å². The summed E-state index contributed by atoms with van der Waals surface area (Å²) in [7, 11) is 0. The number of rotatable bonds is 9. The van der Waals surface area contributed by atoms with E-state index < -0.39 is 17.9 Å². The van der Waals surface area contributed by atoms with Crippen molar-refractivity contribution in [3.63, 3.8) is 0 Å². The molecule has 0 fully saturated rings. The lowest BCUT2D eigenvalue weighted by molar-refractivity contribution is -0.227. The number of alkyl halides is 1. The van der Waals surface area contributed by atoms with Gasteiger partial charge in [-0.15, -0.1) is 0 Å². The number of carbonyl (C=O) groups excluding carboxylic acids is 1. The Kier molecular flexibility index (Phi) is 9.51. The Morgan fingerprint density at radius 3 is 2.28 bits per heavy atom. The minimum absolute atomic E-state index is 0.192. The number of carbonyl (C=O) groups is 1. The molecule has 0 spiro atoms. The van der Waals surface area contributed by atoms with E-state index in [0.29, 0.717) is 23.1 Å². The van der Waals surface area contributed by atoms with Gasteiger partial charge in [-0.05, 0) is 75.2 Å². The van der Waals surface area contributed by atoms with E-state index in [2.05, 4.69) is 15.9 Å². The fraction of sp³-hybridized carbons (Fsp3) is 0.600. The molecule has 0 aliphatic carbocycles. The molecular weight excluding hydrogens is 445 g/mol. The minimum atomic E-state index is -0.664. The van der Waals surface area contributed by atoms with E-state index in [4.69, 9.17) is 19.8 Å². The zero-order valence-electron chi connectivity index (χ0n) is 17.9. The van der Waals surface area contributed by atoms with Gasteiger partial charge in [-0.3, -0.25) is 24.3 Å². The average Bonchev–Trinajstić information content (AvgIpc) is 2.58. The number of hydroxylamine groups is 4. The Balaban J connectivity index is 3.02. The molecule has 0 aliphatic heterocycles. The first-order valence-electron chi connectivity index (χ1n) is 9.32. The topological polar surface area (TPSA) is 75.1 Å². The Morgan fingerprint density at radius 2 is 1.79 bits per heavy atom. The van der Waals surface area contributed by atoms with E-state index >= 15 is 0 Å². The normalized spacial score (nSPS) is 11.9. The summed E-state index contributed by atoms with van der Waals surface area (Å²) in [6.45, 7) is 10.9. The molecule has 7 nitrogen and oxygen atoms in total. The predicted molar refractivity (Wildman–Crippen MR) is 113 cm³/mol. The molecule has 0 saturated carbocycles. The summed E-state index contributed by atoms with van der Waals surface area (Å²) >= 11 is 3.45. The van der Waals surface area contributed by atoms with Crippen LogP contribution in [0, 0.1) is 5.41 Å². The summed E-state index contributed by atoms with van der Waals surface area (Å²) in [4.78, 5) is 22.9. The number of hydrogen-bond donors (Lipinski definition) is 1. The van der Waals surface area contributed by atoms with Crippen molar-refractivity contribution in [3.8, 4) is 5.75 Å². The van der Waals surface area contributed by atoms with Gasteiger partial charge in [0, 0.05) is 6.42 Å². The van der Waals surface area contributed by atoms with Gasteiger partial charge in [0.1, 0.15) is 5.75 Å². The van der Waals surface area contributed by atoms with E-state index in [1.807, 2.05) is 32.9 Å². The smallest absolute Gasteiger partial charge is 0.250 e. The fourth-order valence-corrected chi connectivity index (χ4v) is 2.70. The number of ether oxygens (including phenoxy) is 1. The van der Waals surface area contributed by atoms with Crippen molar-refractivity contribution in [1.29, 1.82) is 5.41 Å². The largest absolute Gasteiger partial charge is 0.492 e. The third-order valence-corrected chi connectivity index (χ3v) is 3.77. The number of nitrogens with one attached hydrogen (secondary N) is 1. The lowest BCUT2D eigenvalue weighted by atomic mass is 10.2. The van der Waals surface area contributed by atoms with Gasteiger partial charge >= 0.3 is 0 Å². The Morgan fingerprint density at radius 1 is 1.17 bits per heavy atom. The van der Waals surface area contributed by atoms with Crippen LogP contribution in [0.2, 0.25) is 0 Å². The second kappa shape index (κ2) is 10.9. The van der Waals surface area contributed by atoms with Crippen LogP contribution >= 0.6 is 15.9 Å². The van der Waals surface area contributed by atoms with Crippen LogP contribution in [0.4, 0.5) is 4.39 Å². The number of hydrogen-bond acceptors (Lipinski definition) is 5. The molecule has 0 radical (unpaired) electrons. The first-order valence-corrected chi connectivity index (χ1v) is 10.1. The molecule has 0 atom stereocenters. The maximum atomic E-state index is 12.2. The van der Waals surface area contributed by atoms with E-state index in [0.717, 1.165) is 10.6 Å². The SMILES string of the molecule is CC(C)(C)ON(C=O)C(=N)N(Cc1ccc(OCCCF)c(Br)c1)OC(C)(C)C. The van der Waals surface area contributed by atoms with Gasteiger partial charge in [0.2, 0.25) is 12.4 Å². The number of amides is 1. The molecule has 0 unspecified atom stereocenters. The van der Waals surface area contributed by atoms with Gasteiger partial charge in [0.05, 0.1) is 35.5 Å². The van der Waals surface area contributed by atoms with Crippen LogP contribution < -0.4 is 4.74 Å².